The van der Waals surface area contributed by atoms with E-state index in [0.717, 1.165) is 0 Å². The lowest BCUT2D eigenvalue weighted by Gasteiger charge is -2.02. The van der Waals surface area contributed by atoms with Crippen LogP contribution in [-0.2, 0) is 14.3 Å². The van der Waals surface area contributed by atoms with Crippen LogP contribution in [0.2, 0.25) is 0 Å². The Hall–Kier alpha value is -2.24. The fourth-order valence-electron chi connectivity index (χ4n) is 1.21. The van der Waals surface area contributed by atoms with Crippen LogP contribution in [0.4, 0.5) is 0 Å². The van der Waals surface area contributed by atoms with Crippen molar-refractivity contribution in [2.24, 2.45) is 0 Å². The average molecular weight is 251 g/mol. The van der Waals surface area contributed by atoms with Gasteiger partial charge in [0.05, 0.1) is 20.1 Å². The maximum absolute atomic E-state index is 11.7. The van der Waals surface area contributed by atoms with Gasteiger partial charge in [-0.2, -0.15) is 0 Å². The number of ketones is 2. The molecule has 0 unspecified atom stereocenters. The molecule has 1 aromatic heterocycles. The van der Waals surface area contributed by atoms with Gasteiger partial charge in [0.15, 0.2) is 5.78 Å². The number of aromatic nitrogens is 1. The fourth-order valence-corrected chi connectivity index (χ4v) is 1.21. The van der Waals surface area contributed by atoms with E-state index < -0.39 is 24.0 Å². The van der Waals surface area contributed by atoms with Gasteiger partial charge in [-0.05, 0) is 13.0 Å². The van der Waals surface area contributed by atoms with Crippen LogP contribution in [0.5, 0.6) is 5.75 Å². The Balaban J connectivity index is 2.70. The molecule has 0 aliphatic carbocycles. The maximum atomic E-state index is 11.7. The predicted molar refractivity (Wildman–Crippen MR) is 61.4 cm³/mol. The third-order valence-corrected chi connectivity index (χ3v) is 2.08. The smallest absolute Gasteiger partial charge is 0.375 e. The number of ether oxygens (including phenoxy) is 2. The quantitative estimate of drug-likeness (QED) is 0.322. The highest BCUT2D eigenvalue weighted by atomic mass is 16.5. The summed E-state index contributed by atoms with van der Waals surface area (Å²) in [4.78, 5) is 37.9. The van der Waals surface area contributed by atoms with Crippen LogP contribution in [0.3, 0.4) is 0 Å². The van der Waals surface area contributed by atoms with E-state index in [4.69, 9.17) is 4.74 Å². The third kappa shape index (κ3) is 3.65. The lowest BCUT2D eigenvalue weighted by molar-refractivity contribution is -0.153. The van der Waals surface area contributed by atoms with Gasteiger partial charge in [-0.3, -0.25) is 14.6 Å². The van der Waals surface area contributed by atoms with E-state index >= 15 is 0 Å². The zero-order chi connectivity index (χ0) is 13.5. The molecule has 0 aliphatic rings. The van der Waals surface area contributed by atoms with Gasteiger partial charge in [-0.15, -0.1) is 0 Å². The molecule has 0 radical (unpaired) electrons. The summed E-state index contributed by atoms with van der Waals surface area (Å²) in [6.07, 6.45) is 0.833. The Morgan fingerprint density at radius 3 is 2.67 bits per heavy atom. The highest BCUT2D eigenvalue weighted by Crippen LogP contribution is 2.11. The van der Waals surface area contributed by atoms with Crippen molar-refractivity contribution >= 4 is 17.5 Å². The number of methoxy groups -OCH3 is 1. The molecule has 1 heterocycles. The van der Waals surface area contributed by atoms with E-state index in [2.05, 4.69) is 9.72 Å². The first kappa shape index (κ1) is 13.8. The van der Waals surface area contributed by atoms with E-state index in [9.17, 15) is 14.4 Å². The van der Waals surface area contributed by atoms with Crippen LogP contribution in [0.15, 0.2) is 18.3 Å². The van der Waals surface area contributed by atoms with Gasteiger partial charge in [0, 0.05) is 12.3 Å². The van der Waals surface area contributed by atoms with Crippen molar-refractivity contribution in [2.45, 2.75) is 13.3 Å². The van der Waals surface area contributed by atoms with Crippen molar-refractivity contribution in [1.29, 1.82) is 0 Å². The summed E-state index contributed by atoms with van der Waals surface area (Å²) in [6, 6.07) is 2.98. The molecular formula is C12H13NO5. The molecule has 0 bridgehead atoms. The van der Waals surface area contributed by atoms with Gasteiger partial charge in [-0.1, -0.05) is 0 Å². The fraction of sp³-hybridized carbons (Fsp3) is 0.333. The molecule has 0 aromatic carbocycles. The Bertz CT molecular complexity index is 469. The molecule has 0 spiro atoms. The lowest BCUT2D eigenvalue weighted by Crippen LogP contribution is -2.21. The number of carbonyl (C=O) groups is 3. The van der Waals surface area contributed by atoms with Crippen molar-refractivity contribution in [2.75, 3.05) is 13.7 Å². The first-order valence-corrected chi connectivity index (χ1v) is 5.31. The van der Waals surface area contributed by atoms with Crippen molar-refractivity contribution in [1.82, 2.24) is 4.98 Å². The van der Waals surface area contributed by atoms with Gasteiger partial charge in [0.2, 0.25) is 5.78 Å². The van der Waals surface area contributed by atoms with Gasteiger partial charge in [-0.25, -0.2) is 4.79 Å². The monoisotopic (exact) mass is 251 g/mol. The number of nitrogens with zero attached hydrogens (tertiary/aromatic N) is 1. The molecular weight excluding hydrogens is 238 g/mol. The highest BCUT2D eigenvalue weighted by molar-refractivity contribution is 6.38. The standard InChI is InChI=1S/C12H13NO5/c1-3-18-12(16)11(15)7-10(14)9-6-8(17-2)4-5-13-9/h4-6H,3,7H2,1-2H3. The van der Waals surface area contributed by atoms with Gasteiger partial charge >= 0.3 is 5.97 Å². The van der Waals surface area contributed by atoms with Gasteiger partial charge < -0.3 is 9.47 Å². The molecule has 0 fully saturated rings. The Morgan fingerprint density at radius 1 is 1.33 bits per heavy atom. The molecule has 0 aliphatic heterocycles. The van der Waals surface area contributed by atoms with Crippen molar-refractivity contribution in [3.05, 3.63) is 24.0 Å². The maximum Gasteiger partial charge on any atom is 0.375 e. The van der Waals surface area contributed by atoms with Crippen LogP contribution in [0, 0.1) is 0 Å². The number of esters is 1. The number of hydrogen-bond donors (Lipinski definition) is 0. The molecule has 0 atom stereocenters. The largest absolute Gasteiger partial charge is 0.497 e. The van der Waals surface area contributed by atoms with Crippen molar-refractivity contribution < 1.29 is 23.9 Å². The molecule has 0 saturated carbocycles. The summed E-state index contributed by atoms with van der Waals surface area (Å²) < 4.78 is 9.43. The number of carbonyl (C=O) groups excluding carboxylic acids is 3. The number of hydrogen-bond acceptors (Lipinski definition) is 6. The second kappa shape index (κ2) is 6.48. The summed E-state index contributed by atoms with van der Waals surface area (Å²) >= 11 is 0. The minimum atomic E-state index is -1.01. The molecule has 96 valence electrons. The van der Waals surface area contributed by atoms with E-state index in [1.165, 1.54) is 19.4 Å². The Kier molecular flexibility index (Phi) is 4.98. The van der Waals surface area contributed by atoms with Crippen molar-refractivity contribution in [3.8, 4) is 5.75 Å². The zero-order valence-electron chi connectivity index (χ0n) is 10.1. The average Bonchev–Trinajstić information content (AvgIpc) is 2.39. The second-order valence-corrected chi connectivity index (χ2v) is 3.32. The first-order chi connectivity index (χ1) is 8.58. The zero-order valence-corrected chi connectivity index (χ0v) is 10.1. The topological polar surface area (TPSA) is 82.6 Å². The van der Waals surface area contributed by atoms with Crippen LogP contribution >= 0.6 is 0 Å². The van der Waals surface area contributed by atoms with Crippen LogP contribution < -0.4 is 4.74 Å². The molecule has 1 aromatic rings. The second-order valence-electron chi connectivity index (χ2n) is 3.32. The van der Waals surface area contributed by atoms with E-state index in [1.807, 2.05) is 0 Å². The molecule has 0 saturated heterocycles. The summed E-state index contributed by atoms with van der Waals surface area (Å²) in [7, 11) is 1.45. The lowest BCUT2D eigenvalue weighted by atomic mass is 10.1. The van der Waals surface area contributed by atoms with Crippen molar-refractivity contribution in [3.63, 3.8) is 0 Å². The summed E-state index contributed by atoms with van der Waals surface area (Å²) in [6.45, 7) is 1.67. The molecule has 18 heavy (non-hydrogen) atoms. The van der Waals surface area contributed by atoms with E-state index in [1.54, 1.807) is 13.0 Å². The Morgan fingerprint density at radius 2 is 2.06 bits per heavy atom. The van der Waals surface area contributed by atoms with E-state index in [-0.39, 0.29) is 12.3 Å². The molecule has 0 N–H and O–H groups in total. The van der Waals surface area contributed by atoms with Crippen LogP contribution in [0.1, 0.15) is 23.8 Å². The number of rotatable bonds is 6. The number of Topliss-reactive ketones (excluding diaryl/α,β-unsaturated/α-hetero) is 2. The molecule has 6 nitrogen and oxygen atoms in total. The molecule has 6 heteroatoms. The SMILES string of the molecule is CCOC(=O)C(=O)CC(=O)c1cc(OC)ccn1. The normalized spacial score (nSPS) is 9.67. The van der Waals surface area contributed by atoms with Gasteiger partial charge in [0.25, 0.3) is 0 Å². The van der Waals surface area contributed by atoms with Crippen LogP contribution in [-0.4, -0.2) is 36.2 Å². The highest BCUT2D eigenvalue weighted by Gasteiger charge is 2.20. The minimum Gasteiger partial charge on any atom is -0.497 e. The van der Waals surface area contributed by atoms with Gasteiger partial charge in [0.1, 0.15) is 11.4 Å². The number of pyridine rings is 1. The minimum absolute atomic E-state index is 0.0759. The molecule has 1 rings (SSSR count). The summed E-state index contributed by atoms with van der Waals surface area (Å²) in [5.74, 6) is -1.98. The van der Waals surface area contributed by atoms with E-state index in [0.29, 0.717) is 5.75 Å². The first-order valence-electron chi connectivity index (χ1n) is 5.31. The summed E-state index contributed by atoms with van der Waals surface area (Å²) in [5.41, 5.74) is 0.0759. The predicted octanol–water partition coefficient (Wildman–Crippen LogP) is 0.795. The Labute approximate surface area is 104 Å². The summed E-state index contributed by atoms with van der Waals surface area (Å²) in [5, 5.41) is 0. The third-order valence-electron chi connectivity index (χ3n) is 2.08. The molecule has 0 amide bonds. The van der Waals surface area contributed by atoms with Crippen LogP contribution in [0.25, 0.3) is 0 Å².